The van der Waals surface area contributed by atoms with E-state index < -0.39 is 5.60 Å². The standard InChI is InChI=1S/C16H27NO2/c1-7-8-9-10-13-11-16(5,6)17(12-13)14(18)19-15(2,3)4/h1,13H,8-12H2,2-6H3/t13-/m0/s1. The topological polar surface area (TPSA) is 29.5 Å². The van der Waals surface area contributed by atoms with Gasteiger partial charge in [0.15, 0.2) is 0 Å². The Morgan fingerprint density at radius 2 is 2.11 bits per heavy atom. The van der Waals surface area contributed by atoms with Crippen molar-refractivity contribution in [3.05, 3.63) is 0 Å². The molecule has 1 fully saturated rings. The summed E-state index contributed by atoms with van der Waals surface area (Å²) in [5.41, 5.74) is -0.558. The van der Waals surface area contributed by atoms with Gasteiger partial charge in [-0.05, 0) is 59.8 Å². The predicted octanol–water partition coefficient (Wildman–Crippen LogP) is 3.83. The summed E-state index contributed by atoms with van der Waals surface area (Å²) >= 11 is 0. The number of likely N-dealkylation sites (tertiary alicyclic amines) is 1. The minimum absolute atomic E-state index is 0.122. The molecule has 1 atom stereocenters. The highest BCUT2D eigenvalue weighted by Crippen LogP contribution is 2.36. The zero-order valence-electron chi connectivity index (χ0n) is 13.0. The molecule has 0 bridgehead atoms. The van der Waals surface area contributed by atoms with Crippen LogP contribution in [0.1, 0.15) is 60.3 Å². The van der Waals surface area contributed by atoms with Gasteiger partial charge in [-0.25, -0.2) is 4.79 Å². The van der Waals surface area contributed by atoms with Crippen LogP contribution in [0.25, 0.3) is 0 Å². The molecule has 0 radical (unpaired) electrons. The first-order valence-electron chi connectivity index (χ1n) is 7.10. The first kappa shape index (κ1) is 15.9. The summed E-state index contributed by atoms with van der Waals surface area (Å²) in [6, 6.07) is 0. The Balaban J connectivity index is 2.59. The van der Waals surface area contributed by atoms with Crippen molar-refractivity contribution in [3.63, 3.8) is 0 Å². The second-order valence-corrected chi connectivity index (χ2v) is 7.07. The first-order valence-corrected chi connectivity index (χ1v) is 7.10. The summed E-state index contributed by atoms with van der Waals surface area (Å²) in [5.74, 6) is 3.21. The molecule has 3 heteroatoms. The second kappa shape index (κ2) is 5.86. The second-order valence-electron chi connectivity index (χ2n) is 7.07. The molecule has 1 aliphatic heterocycles. The zero-order valence-corrected chi connectivity index (χ0v) is 13.0. The number of ether oxygens (including phenoxy) is 1. The van der Waals surface area contributed by atoms with Crippen molar-refractivity contribution in [3.8, 4) is 12.3 Å². The van der Waals surface area contributed by atoms with Gasteiger partial charge in [0, 0.05) is 18.5 Å². The minimum Gasteiger partial charge on any atom is -0.444 e. The minimum atomic E-state index is -0.436. The van der Waals surface area contributed by atoms with Crippen LogP contribution in [0.4, 0.5) is 4.79 Å². The fraction of sp³-hybridized carbons (Fsp3) is 0.812. The molecule has 0 unspecified atom stereocenters. The van der Waals surface area contributed by atoms with Gasteiger partial charge in [-0.15, -0.1) is 12.3 Å². The van der Waals surface area contributed by atoms with Crippen LogP contribution in [-0.2, 0) is 4.74 Å². The highest BCUT2D eigenvalue weighted by atomic mass is 16.6. The van der Waals surface area contributed by atoms with Gasteiger partial charge in [0.25, 0.3) is 0 Å². The van der Waals surface area contributed by atoms with Crippen LogP contribution < -0.4 is 0 Å². The van der Waals surface area contributed by atoms with E-state index in [1.165, 1.54) is 0 Å². The third kappa shape index (κ3) is 4.78. The SMILES string of the molecule is C#CCCC[C@@H]1CN(C(=O)OC(C)(C)C)C(C)(C)C1. The molecule has 0 aromatic rings. The number of nitrogens with zero attached hydrogens (tertiary/aromatic N) is 1. The van der Waals surface area contributed by atoms with Crippen LogP contribution in [0.3, 0.4) is 0 Å². The molecule has 0 aromatic heterocycles. The van der Waals surface area contributed by atoms with E-state index in [9.17, 15) is 4.79 Å². The highest BCUT2D eigenvalue weighted by Gasteiger charge is 2.42. The molecule has 3 nitrogen and oxygen atoms in total. The Kier molecular flexibility index (Phi) is 4.90. The maximum Gasteiger partial charge on any atom is 0.410 e. The van der Waals surface area contributed by atoms with E-state index in [2.05, 4.69) is 19.8 Å². The van der Waals surface area contributed by atoms with Gasteiger partial charge in [-0.2, -0.15) is 0 Å². The molecule has 1 amide bonds. The summed E-state index contributed by atoms with van der Waals surface area (Å²) in [5, 5.41) is 0. The number of hydrogen-bond acceptors (Lipinski definition) is 2. The predicted molar refractivity (Wildman–Crippen MR) is 77.8 cm³/mol. The van der Waals surface area contributed by atoms with Crippen LogP contribution in [0.2, 0.25) is 0 Å². The summed E-state index contributed by atoms with van der Waals surface area (Å²) in [6.07, 6.45) is 9.06. The molecule has 1 rings (SSSR count). The van der Waals surface area contributed by atoms with Gasteiger partial charge in [0.2, 0.25) is 0 Å². The molecule has 108 valence electrons. The zero-order chi connectivity index (χ0) is 14.7. The van der Waals surface area contributed by atoms with Crippen LogP contribution in [0.5, 0.6) is 0 Å². The van der Waals surface area contributed by atoms with E-state index in [-0.39, 0.29) is 11.6 Å². The summed E-state index contributed by atoms with van der Waals surface area (Å²) in [4.78, 5) is 14.1. The van der Waals surface area contributed by atoms with Gasteiger partial charge < -0.3 is 9.64 Å². The van der Waals surface area contributed by atoms with Gasteiger partial charge in [0.05, 0.1) is 0 Å². The van der Waals surface area contributed by atoms with Crippen LogP contribution in [0.15, 0.2) is 0 Å². The maximum absolute atomic E-state index is 12.2. The van der Waals surface area contributed by atoms with Gasteiger partial charge >= 0.3 is 6.09 Å². The van der Waals surface area contributed by atoms with E-state index >= 15 is 0 Å². The Labute approximate surface area is 117 Å². The molecule has 0 N–H and O–H groups in total. The number of carbonyl (C=O) groups is 1. The first-order chi connectivity index (χ1) is 8.65. The van der Waals surface area contributed by atoms with E-state index in [0.29, 0.717) is 5.92 Å². The fourth-order valence-corrected chi connectivity index (χ4v) is 2.71. The number of amides is 1. The molecule has 19 heavy (non-hydrogen) atoms. The van der Waals surface area contributed by atoms with Crippen molar-refractivity contribution in [2.45, 2.75) is 71.4 Å². The summed E-state index contributed by atoms with van der Waals surface area (Å²) in [7, 11) is 0. The Bertz CT molecular complexity index is 360. The van der Waals surface area contributed by atoms with Crippen molar-refractivity contribution in [1.82, 2.24) is 4.90 Å². The maximum atomic E-state index is 12.2. The average Bonchev–Trinajstić information content (AvgIpc) is 2.51. The third-order valence-corrected chi connectivity index (χ3v) is 3.51. The molecule has 0 aromatic carbocycles. The number of unbranched alkanes of at least 4 members (excludes halogenated alkanes) is 1. The third-order valence-electron chi connectivity index (χ3n) is 3.51. The van der Waals surface area contributed by atoms with Crippen LogP contribution in [0, 0.1) is 18.3 Å². The van der Waals surface area contributed by atoms with Crippen molar-refractivity contribution in [2.75, 3.05) is 6.54 Å². The molecule has 0 aliphatic carbocycles. The molecular weight excluding hydrogens is 238 g/mol. The summed E-state index contributed by atoms with van der Waals surface area (Å²) < 4.78 is 5.49. The summed E-state index contributed by atoms with van der Waals surface area (Å²) in [6.45, 7) is 10.7. The van der Waals surface area contributed by atoms with Crippen LogP contribution >= 0.6 is 0 Å². The largest absolute Gasteiger partial charge is 0.444 e. The lowest BCUT2D eigenvalue weighted by atomic mass is 9.93. The van der Waals surface area contributed by atoms with E-state index in [4.69, 9.17) is 11.2 Å². The van der Waals surface area contributed by atoms with Crippen molar-refractivity contribution in [2.24, 2.45) is 5.92 Å². The van der Waals surface area contributed by atoms with Crippen molar-refractivity contribution >= 4 is 6.09 Å². The number of hydrogen-bond donors (Lipinski definition) is 0. The van der Waals surface area contributed by atoms with E-state index in [1.807, 2.05) is 25.7 Å². The van der Waals surface area contributed by atoms with E-state index in [1.54, 1.807) is 0 Å². The lowest BCUT2D eigenvalue weighted by Crippen LogP contribution is -2.45. The van der Waals surface area contributed by atoms with Crippen molar-refractivity contribution < 1.29 is 9.53 Å². The Hall–Kier alpha value is -1.17. The lowest BCUT2D eigenvalue weighted by Gasteiger charge is -2.33. The number of terminal acetylenes is 1. The molecule has 1 heterocycles. The molecule has 0 saturated carbocycles. The Morgan fingerprint density at radius 3 is 2.63 bits per heavy atom. The van der Waals surface area contributed by atoms with E-state index in [0.717, 1.165) is 32.2 Å². The fourth-order valence-electron chi connectivity index (χ4n) is 2.71. The monoisotopic (exact) mass is 265 g/mol. The van der Waals surface area contributed by atoms with Gasteiger partial charge in [-0.3, -0.25) is 0 Å². The smallest absolute Gasteiger partial charge is 0.410 e. The van der Waals surface area contributed by atoms with Crippen LogP contribution in [-0.4, -0.2) is 28.7 Å². The average molecular weight is 265 g/mol. The molecule has 1 aliphatic rings. The molecule has 1 saturated heterocycles. The molecule has 0 spiro atoms. The number of rotatable bonds is 3. The van der Waals surface area contributed by atoms with Gasteiger partial charge in [0.1, 0.15) is 5.60 Å². The quantitative estimate of drug-likeness (QED) is 0.573. The van der Waals surface area contributed by atoms with Crippen molar-refractivity contribution in [1.29, 1.82) is 0 Å². The number of carbonyl (C=O) groups excluding carboxylic acids is 1. The Morgan fingerprint density at radius 1 is 1.47 bits per heavy atom. The molecular formula is C16H27NO2. The highest BCUT2D eigenvalue weighted by molar-refractivity contribution is 5.69. The normalized spacial score (nSPS) is 22.1. The van der Waals surface area contributed by atoms with Gasteiger partial charge in [-0.1, -0.05) is 0 Å². The lowest BCUT2D eigenvalue weighted by molar-refractivity contribution is 0.0131.